The molecule has 20 heavy (non-hydrogen) atoms. The fraction of sp³-hybridized carbons (Fsp3) is 0.167. The summed E-state index contributed by atoms with van der Waals surface area (Å²) in [5.41, 5.74) is 0.540. The summed E-state index contributed by atoms with van der Waals surface area (Å²) in [6, 6.07) is 5.78. The molecule has 0 atom stereocenters. The second-order valence-corrected chi connectivity index (χ2v) is 6.18. The number of aromatic nitrogens is 1. The summed E-state index contributed by atoms with van der Waals surface area (Å²) in [7, 11) is -0.919. The molecule has 2 heterocycles. The second kappa shape index (κ2) is 5.43. The van der Waals surface area contributed by atoms with E-state index in [9.17, 15) is 13.2 Å². The normalized spacial score (nSPS) is 11.6. The third-order valence-corrected chi connectivity index (χ3v) is 4.17. The maximum Gasteiger partial charge on any atom is 0.291 e. The molecule has 0 aliphatic rings. The standard InChI is InChI=1S/C12H13N3O4S/c1-15(2)20(17,18)11-4-3-10(19-11)12(16)14-9-5-7-13-8-6-9/h3-8H,1-2H3,(H,13,14,16). The monoisotopic (exact) mass is 295 g/mol. The maximum atomic E-state index is 11.9. The second-order valence-electron chi connectivity index (χ2n) is 4.10. The summed E-state index contributed by atoms with van der Waals surface area (Å²) >= 11 is 0. The summed E-state index contributed by atoms with van der Waals surface area (Å²) in [5, 5.41) is 2.30. The van der Waals surface area contributed by atoms with Crippen molar-refractivity contribution < 1.29 is 17.6 Å². The molecule has 0 aliphatic carbocycles. The van der Waals surface area contributed by atoms with Gasteiger partial charge in [-0.3, -0.25) is 9.78 Å². The highest BCUT2D eigenvalue weighted by molar-refractivity contribution is 7.88. The Morgan fingerprint density at radius 1 is 1.20 bits per heavy atom. The lowest BCUT2D eigenvalue weighted by atomic mass is 10.3. The summed E-state index contributed by atoms with van der Waals surface area (Å²) < 4.78 is 29.7. The Labute approximate surface area is 116 Å². The molecule has 2 aromatic rings. The molecular weight excluding hydrogens is 282 g/mol. The van der Waals surface area contributed by atoms with Gasteiger partial charge in [0, 0.05) is 32.2 Å². The number of sulfonamides is 1. The average Bonchev–Trinajstić information content (AvgIpc) is 2.90. The predicted octanol–water partition coefficient (Wildman–Crippen LogP) is 1.18. The Bertz CT molecular complexity index is 707. The van der Waals surface area contributed by atoms with Gasteiger partial charge in [-0.05, 0) is 24.3 Å². The van der Waals surface area contributed by atoms with Gasteiger partial charge in [-0.15, -0.1) is 0 Å². The van der Waals surface area contributed by atoms with Crippen molar-refractivity contribution in [3.8, 4) is 0 Å². The molecule has 106 valence electrons. The maximum absolute atomic E-state index is 11.9. The Hall–Kier alpha value is -2.19. The number of carbonyl (C=O) groups excluding carboxylic acids is 1. The van der Waals surface area contributed by atoms with E-state index in [2.05, 4.69) is 10.3 Å². The topological polar surface area (TPSA) is 92.5 Å². The fourth-order valence-electron chi connectivity index (χ4n) is 1.39. The Morgan fingerprint density at radius 3 is 2.45 bits per heavy atom. The van der Waals surface area contributed by atoms with Crippen LogP contribution in [0.2, 0.25) is 0 Å². The first-order chi connectivity index (χ1) is 9.41. The smallest absolute Gasteiger partial charge is 0.291 e. The lowest BCUT2D eigenvalue weighted by Crippen LogP contribution is -2.21. The van der Waals surface area contributed by atoms with E-state index in [1.807, 2.05) is 0 Å². The van der Waals surface area contributed by atoms with E-state index in [4.69, 9.17) is 4.42 Å². The van der Waals surface area contributed by atoms with E-state index in [1.165, 1.54) is 38.6 Å². The highest BCUT2D eigenvalue weighted by atomic mass is 32.2. The zero-order chi connectivity index (χ0) is 14.8. The van der Waals surface area contributed by atoms with Crippen molar-refractivity contribution >= 4 is 21.6 Å². The highest BCUT2D eigenvalue weighted by Crippen LogP contribution is 2.17. The number of carbonyl (C=O) groups is 1. The van der Waals surface area contributed by atoms with Crippen LogP contribution >= 0.6 is 0 Å². The van der Waals surface area contributed by atoms with Crippen LogP contribution in [-0.2, 0) is 10.0 Å². The van der Waals surface area contributed by atoms with Crippen LogP contribution in [0.5, 0.6) is 0 Å². The predicted molar refractivity (Wildman–Crippen MR) is 71.8 cm³/mol. The summed E-state index contributed by atoms with van der Waals surface area (Å²) in [4.78, 5) is 15.7. The van der Waals surface area contributed by atoms with Crippen LogP contribution in [0.25, 0.3) is 0 Å². The van der Waals surface area contributed by atoms with Crippen LogP contribution in [0.15, 0.2) is 46.2 Å². The van der Waals surface area contributed by atoms with Crippen molar-refractivity contribution in [1.29, 1.82) is 0 Å². The van der Waals surface area contributed by atoms with Gasteiger partial charge in [0.05, 0.1) is 0 Å². The van der Waals surface area contributed by atoms with Crippen molar-refractivity contribution in [3.63, 3.8) is 0 Å². The number of anilines is 1. The Kier molecular flexibility index (Phi) is 3.86. The Morgan fingerprint density at radius 2 is 1.85 bits per heavy atom. The largest absolute Gasteiger partial charge is 0.438 e. The van der Waals surface area contributed by atoms with Crippen molar-refractivity contribution in [2.75, 3.05) is 19.4 Å². The van der Waals surface area contributed by atoms with Gasteiger partial charge in [-0.1, -0.05) is 0 Å². The minimum Gasteiger partial charge on any atom is -0.438 e. The molecule has 0 saturated carbocycles. The van der Waals surface area contributed by atoms with Gasteiger partial charge in [-0.2, -0.15) is 0 Å². The van der Waals surface area contributed by atoms with Crippen molar-refractivity contribution in [3.05, 3.63) is 42.4 Å². The van der Waals surface area contributed by atoms with Crippen LogP contribution < -0.4 is 5.32 Å². The lowest BCUT2D eigenvalue weighted by molar-refractivity contribution is 0.0991. The molecule has 8 heteroatoms. The van der Waals surface area contributed by atoms with Crippen molar-refractivity contribution in [2.45, 2.75) is 5.09 Å². The van der Waals surface area contributed by atoms with Gasteiger partial charge in [0.2, 0.25) is 5.09 Å². The molecule has 0 bridgehead atoms. The molecule has 0 aliphatic heterocycles. The van der Waals surface area contributed by atoms with Gasteiger partial charge >= 0.3 is 0 Å². The Balaban J connectivity index is 2.19. The van der Waals surface area contributed by atoms with Gasteiger partial charge < -0.3 is 9.73 Å². The van der Waals surface area contributed by atoms with Crippen LogP contribution in [0.4, 0.5) is 5.69 Å². The molecule has 1 N–H and O–H groups in total. The number of amides is 1. The van der Waals surface area contributed by atoms with E-state index in [-0.39, 0.29) is 10.9 Å². The first-order valence-electron chi connectivity index (χ1n) is 5.65. The summed E-state index contributed by atoms with van der Waals surface area (Å²) in [6.07, 6.45) is 3.05. The van der Waals surface area contributed by atoms with E-state index < -0.39 is 15.9 Å². The molecule has 2 aromatic heterocycles. The molecule has 0 aromatic carbocycles. The molecule has 0 fully saturated rings. The number of hydrogen-bond acceptors (Lipinski definition) is 5. The number of rotatable bonds is 4. The average molecular weight is 295 g/mol. The van der Waals surface area contributed by atoms with Crippen molar-refractivity contribution in [2.24, 2.45) is 0 Å². The zero-order valence-electron chi connectivity index (χ0n) is 10.9. The van der Waals surface area contributed by atoms with Crippen LogP contribution in [0, 0.1) is 0 Å². The lowest BCUT2D eigenvalue weighted by Gasteiger charge is -2.07. The van der Waals surface area contributed by atoms with Crippen LogP contribution in [0.1, 0.15) is 10.6 Å². The summed E-state index contributed by atoms with van der Waals surface area (Å²) in [6.45, 7) is 0. The van der Waals surface area contributed by atoms with Gasteiger partial charge in [0.15, 0.2) is 5.76 Å². The fourth-order valence-corrected chi connectivity index (χ4v) is 2.18. The first kappa shape index (κ1) is 14.2. The number of nitrogens with one attached hydrogen (secondary N) is 1. The third kappa shape index (κ3) is 2.86. The van der Waals surface area contributed by atoms with E-state index in [0.717, 1.165) is 4.31 Å². The number of hydrogen-bond donors (Lipinski definition) is 1. The molecule has 1 amide bonds. The van der Waals surface area contributed by atoms with E-state index in [0.29, 0.717) is 5.69 Å². The molecule has 0 spiro atoms. The third-order valence-electron chi connectivity index (χ3n) is 2.48. The zero-order valence-corrected chi connectivity index (χ0v) is 11.7. The van der Waals surface area contributed by atoms with Gasteiger partial charge in [-0.25, -0.2) is 12.7 Å². The molecule has 0 radical (unpaired) electrons. The number of pyridine rings is 1. The minimum absolute atomic E-state index is 0.0813. The van der Waals surface area contributed by atoms with E-state index in [1.54, 1.807) is 12.1 Å². The quantitative estimate of drug-likeness (QED) is 0.914. The van der Waals surface area contributed by atoms with Gasteiger partial charge in [0.1, 0.15) is 0 Å². The molecule has 7 nitrogen and oxygen atoms in total. The van der Waals surface area contributed by atoms with Crippen LogP contribution in [-0.4, -0.2) is 37.7 Å². The number of nitrogens with zero attached hydrogens (tertiary/aromatic N) is 2. The van der Waals surface area contributed by atoms with E-state index >= 15 is 0 Å². The molecular formula is C12H13N3O4S. The molecule has 0 saturated heterocycles. The van der Waals surface area contributed by atoms with Gasteiger partial charge in [0.25, 0.3) is 15.9 Å². The first-order valence-corrected chi connectivity index (χ1v) is 7.09. The SMILES string of the molecule is CN(C)S(=O)(=O)c1ccc(C(=O)Nc2ccncc2)o1. The summed E-state index contributed by atoms with van der Waals surface area (Å²) in [5.74, 6) is -0.612. The molecule has 0 unspecified atom stereocenters. The number of furan rings is 1. The highest BCUT2D eigenvalue weighted by Gasteiger charge is 2.23. The van der Waals surface area contributed by atoms with Crippen molar-refractivity contribution in [1.82, 2.24) is 9.29 Å². The minimum atomic E-state index is -3.69. The molecule has 2 rings (SSSR count). The van der Waals surface area contributed by atoms with Crippen LogP contribution in [0.3, 0.4) is 0 Å².